The van der Waals surface area contributed by atoms with Gasteiger partial charge in [-0.2, -0.15) is 0 Å². The zero-order chi connectivity index (χ0) is 12.7. The zero-order valence-corrected chi connectivity index (χ0v) is 9.14. The van der Waals surface area contributed by atoms with Crippen molar-refractivity contribution in [3.8, 4) is 5.69 Å². The molecule has 0 aliphatic heterocycles. The van der Waals surface area contributed by atoms with Crippen molar-refractivity contribution in [3.05, 3.63) is 48.2 Å². The Morgan fingerprint density at radius 3 is 2.78 bits per heavy atom. The van der Waals surface area contributed by atoms with Gasteiger partial charge in [0, 0.05) is 12.3 Å². The van der Waals surface area contributed by atoms with Crippen LogP contribution in [0.1, 0.15) is 0 Å². The Kier molecular flexibility index (Phi) is 2.22. The van der Waals surface area contributed by atoms with Crippen LogP contribution in [-0.2, 0) is 0 Å². The quantitative estimate of drug-likeness (QED) is 0.716. The number of fused-ring (bicyclic) bond motifs is 1. The lowest BCUT2D eigenvalue weighted by Gasteiger charge is -2.03. The summed E-state index contributed by atoms with van der Waals surface area (Å²) in [6.45, 7) is 0. The first-order valence-electron chi connectivity index (χ1n) is 5.21. The minimum atomic E-state index is -0.718. The lowest BCUT2D eigenvalue weighted by Crippen LogP contribution is -2.01. The van der Waals surface area contributed by atoms with Gasteiger partial charge in [0.25, 0.3) is 0 Å². The van der Waals surface area contributed by atoms with Crippen molar-refractivity contribution in [2.24, 2.45) is 0 Å². The molecular weight excluding hydrogens is 238 g/mol. The molecule has 18 heavy (non-hydrogen) atoms. The van der Waals surface area contributed by atoms with E-state index >= 15 is 0 Å². The van der Waals surface area contributed by atoms with E-state index in [4.69, 9.17) is 5.73 Å². The summed E-state index contributed by atoms with van der Waals surface area (Å²) in [5.74, 6) is -1.11. The van der Waals surface area contributed by atoms with E-state index in [1.165, 1.54) is 10.7 Å². The first kappa shape index (κ1) is 10.6. The first-order valence-corrected chi connectivity index (χ1v) is 5.21. The van der Waals surface area contributed by atoms with Crippen molar-refractivity contribution in [1.29, 1.82) is 0 Å². The van der Waals surface area contributed by atoms with Crippen LogP contribution in [0.5, 0.6) is 0 Å². The van der Waals surface area contributed by atoms with Gasteiger partial charge in [0.2, 0.25) is 0 Å². The Bertz CT molecular complexity index is 736. The molecule has 4 nitrogen and oxygen atoms in total. The van der Waals surface area contributed by atoms with E-state index in [0.717, 1.165) is 12.1 Å². The van der Waals surface area contributed by atoms with Crippen LogP contribution in [-0.4, -0.2) is 14.8 Å². The number of anilines is 1. The Hall–Kier alpha value is -2.50. The van der Waals surface area contributed by atoms with E-state index in [2.05, 4.69) is 10.1 Å². The molecule has 0 atom stereocenters. The van der Waals surface area contributed by atoms with Crippen LogP contribution in [0.2, 0.25) is 0 Å². The number of rotatable bonds is 1. The highest BCUT2D eigenvalue weighted by atomic mass is 19.1. The van der Waals surface area contributed by atoms with E-state index in [1.54, 1.807) is 18.3 Å². The van der Waals surface area contributed by atoms with Crippen molar-refractivity contribution in [1.82, 2.24) is 14.8 Å². The topological polar surface area (TPSA) is 56.7 Å². The van der Waals surface area contributed by atoms with Crippen molar-refractivity contribution < 1.29 is 8.78 Å². The third kappa shape index (κ3) is 1.50. The highest BCUT2D eigenvalue weighted by Gasteiger charge is 2.13. The van der Waals surface area contributed by atoms with E-state index in [0.29, 0.717) is 11.0 Å². The maximum absolute atomic E-state index is 13.7. The molecule has 0 unspecified atom stereocenters. The molecule has 2 aromatic heterocycles. The average molecular weight is 246 g/mol. The summed E-state index contributed by atoms with van der Waals surface area (Å²) in [5, 5.41) is 4.65. The van der Waals surface area contributed by atoms with Gasteiger partial charge in [0.1, 0.15) is 11.5 Å². The molecule has 0 spiro atoms. The fraction of sp³-hybridized carbons (Fsp3) is 0. The minimum absolute atomic E-state index is 0.108. The van der Waals surface area contributed by atoms with Crippen molar-refractivity contribution in [2.75, 3.05) is 5.73 Å². The molecule has 0 fully saturated rings. The van der Waals surface area contributed by atoms with Crippen molar-refractivity contribution in [2.45, 2.75) is 0 Å². The number of halogens is 2. The van der Waals surface area contributed by atoms with Crippen molar-refractivity contribution >= 4 is 16.9 Å². The number of nitrogen functional groups attached to an aromatic ring is 1. The highest BCUT2D eigenvalue weighted by molar-refractivity contribution is 5.87. The summed E-state index contributed by atoms with van der Waals surface area (Å²) in [6.07, 6.45) is 1.56. The molecule has 0 radical (unpaired) electrons. The monoisotopic (exact) mass is 246 g/mol. The molecule has 6 heteroatoms. The van der Waals surface area contributed by atoms with Gasteiger partial charge in [-0.15, -0.1) is 5.10 Å². The first-order chi connectivity index (χ1) is 8.66. The second-order valence-corrected chi connectivity index (χ2v) is 3.77. The SMILES string of the molecule is Nc1nn(-c2ccc(F)cc2F)c2ncccc12. The number of nitrogens with two attached hydrogens (primary N) is 1. The Morgan fingerprint density at radius 1 is 1.17 bits per heavy atom. The second kappa shape index (κ2) is 3.76. The average Bonchev–Trinajstić information content (AvgIpc) is 2.68. The van der Waals surface area contributed by atoms with Crippen LogP contribution >= 0.6 is 0 Å². The van der Waals surface area contributed by atoms with Gasteiger partial charge in [-0.1, -0.05) is 0 Å². The van der Waals surface area contributed by atoms with E-state index < -0.39 is 11.6 Å². The van der Waals surface area contributed by atoms with Gasteiger partial charge >= 0.3 is 0 Å². The predicted octanol–water partition coefficient (Wildman–Crippen LogP) is 2.28. The Morgan fingerprint density at radius 2 is 2.00 bits per heavy atom. The largest absolute Gasteiger partial charge is 0.382 e. The molecule has 1 aromatic carbocycles. The van der Waals surface area contributed by atoms with E-state index in [-0.39, 0.29) is 11.5 Å². The van der Waals surface area contributed by atoms with Crippen LogP contribution in [0.3, 0.4) is 0 Å². The summed E-state index contributed by atoms with van der Waals surface area (Å²) < 4.78 is 27.8. The molecule has 0 amide bonds. The van der Waals surface area contributed by atoms with Crippen LogP contribution in [0, 0.1) is 11.6 Å². The molecule has 3 rings (SSSR count). The number of nitrogens with zero attached hydrogens (tertiary/aromatic N) is 3. The molecular formula is C12H8F2N4. The number of pyridine rings is 1. The maximum Gasteiger partial charge on any atom is 0.165 e. The third-order valence-electron chi connectivity index (χ3n) is 2.61. The summed E-state index contributed by atoms with van der Waals surface area (Å²) in [5.41, 5.74) is 6.27. The molecule has 2 heterocycles. The standard InChI is InChI=1S/C12H8F2N4/c13-7-3-4-10(9(14)6-7)18-12-8(11(15)17-18)2-1-5-16-12/h1-6H,(H2,15,17). The number of hydrogen-bond acceptors (Lipinski definition) is 3. The molecule has 0 bridgehead atoms. The van der Waals surface area contributed by atoms with Gasteiger partial charge in [-0.25, -0.2) is 18.4 Å². The fourth-order valence-corrected chi connectivity index (χ4v) is 1.80. The summed E-state index contributed by atoms with van der Waals surface area (Å²) in [6, 6.07) is 6.70. The van der Waals surface area contributed by atoms with Crippen molar-refractivity contribution in [3.63, 3.8) is 0 Å². The van der Waals surface area contributed by atoms with Gasteiger partial charge in [0.15, 0.2) is 17.3 Å². The summed E-state index contributed by atoms with van der Waals surface area (Å²) in [7, 11) is 0. The number of aromatic nitrogens is 3. The number of hydrogen-bond donors (Lipinski definition) is 1. The molecule has 3 aromatic rings. The summed E-state index contributed by atoms with van der Waals surface area (Å²) in [4.78, 5) is 4.10. The van der Waals surface area contributed by atoms with Crippen LogP contribution in [0.4, 0.5) is 14.6 Å². The number of benzene rings is 1. The lowest BCUT2D eigenvalue weighted by atomic mass is 10.3. The molecule has 0 saturated heterocycles. The molecule has 90 valence electrons. The zero-order valence-electron chi connectivity index (χ0n) is 9.14. The predicted molar refractivity (Wildman–Crippen MR) is 63.2 cm³/mol. The van der Waals surface area contributed by atoms with Gasteiger partial charge < -0.3 is 5.73 Å². The Labute approximate surface area is 101 Å². The van der Waals surface area contributed by atoms with E-state index in [9.17, 15) is 8.78 Å². The molecule has 2 N–H and O–H groups in total. The van der Waals surface area contributed by atoms with Gasteiger partial charge in [-0.3, -0.25) is 0 Å². The molecule has 0 saturated carbocycles. The van der Waals surface area contributed by atoms with Crippen LogP contribution in [0.15, 0.2) is 36.5 Å². The summed E-state index contributed by atoms with van der Waals surface area (Å²) >= 11 is 0. The normalized spacial score (nSPS) is 11.0. The Balaban J connectivity index is 2.32. The van der Waals surface area contributed by atoms with Crippen LogP contribution in [0.25, 0.3) is 16.7 Å². The van der Waals surface area contributed by atoms with Gasteiger partial charge in [0.05, 0.1) is 5.39 Å². The molecule has 0 aliphatic rings. The third-order valence-corrected chi connectivity index (χ3v) is 2.61. The van der Waals surface area contributed by atoms with Crippen LogP contribution < -0.4 is 5.73 Å². The maximum atomic E-state index is 13.7. The highest BCUT2D eigenvalue weighted by Crippen LogP contribution is 2.23. The molecule has 0 aliphatic carbocycles. The minimum Gasteiger partial charge on any atom is -0.382 e. The second-order valence-electron chi connectivity index (χ2n) is 3.77. The van der Waals surface area contributed by atoms with E-state index in [1.807, 2.05) is 0 Å². The lowest BCUT2D eigenvalue weighted by molar-refractivity contribution is 0.575. The fourth-order valence-electron chi connectivity index (χ4n) is 1.80. The van der Waals surface area contributed by atoms with Gasteiger partial charge in [-0.05, 0) is 24.3 Å². The smallest absolute Gasteiger partial charge is 0.165 e.